The predicted octanol–water partition coefficient (Wildman–Crippen LogP) is 2.10. The van der Waals surface area contributed by atoms with Crippen molar-refractivity contribution >= 4 is 11.9 Å². The summed E-state index contributed by atoms with van der Waals surface area (Å²) >= 11 is 5.00. The number of unbranched alkanes of at least 4 members (excludes halogenated alkanes) is 4. The lowest BCUT2D eigenvalue weighted by molar-refractivity contribution is 0.280. The van der Waals surface area contributed by atoms with Gasteiger partial charge in [-0.2, -0.15) is 0 Å². The zero-order valence-corrected chi connectivity index (χ0v) is 6.94. The molecule has 0 aliphatic rings. The van der Waals surface area contributed by atoms with Crippen molar-refractivity contribution in [3.63, 3.8) is 0 Å². The average molecular weight is 167 g/mol. The van der Waals surface area contributed by atoms with Crippen molar-refractivity contribution in [3.8, 4) is 0 Å². The van der Waals surface area contributed by atoms with Crippen LogP contribution in [0.4, 0.5) is 0 Å². The molecule has 1 N–H and O–H groups in total. The van der Waals surface area contributed by atoms with Crippen LogP contribution >= 0.6 is 11.9 Å². The van der Waals surface area contributed by atoms with Crippen LogP contribution in [0.25, 0.3) is 0 Å². The predicted molar refractivity (Wildman–Crippen MR) is 42.0 cm³/mol. The molecule has 0 atom stereocenters. The topological polar surface area (TPSA) is 29.5 Å². The van der Waals surface area contributed by atoms with E-state index in [2.05, 4.69) is 4.29 Å². The minimum absolute atomic E-state index is 0.312. The molecule has 0 amide bonds. The van der Waals surface area contributed by atoms with Crippen molar-refractivity contribution in [1.29, 1.82) is 0 Å². The van der Waals surface area contributed by atoms with E-state index < -0.39 is 0 Å². The summed E-state index contributed by atoms with van der Waals surface area (Å²) in [5, 5.41) is 8.42. The van der Waals surface area contributed by atoms with Gasteiger partial charge < -0.3 is 5.11 Å². The maximum absolute atomic E-state index is 8.42. The molecule has 0 aliphatic heterocycles. The maximum Gasteiger partial charge on any atom is 0.0682 e. The number of aliphatic hydroxyl groups is 1. The van der Waals surface area contributed by atoms with Crippen LogP contribution in [-0.4, -0.2) is 18.3 Å². The summed E-state index contributed by atoms with van der Waals surface area (Å²) in [6.45, 7) is 0.951. The normalized spacial score (nSPS) is 10.2. The lowest BCUT2D eigenvalue weighted by Gasteiger charge is -1.97. The van der Waals surface area contributed by atoms with Crippen molar-refractivity contribution < 1.29 is 9.40 Å². The molecule has 0 heterocycles. The Balaban J connectivity index is 2.65. The highest BCUT2D eigenvalue weighted by Crippen LogP contribution is 2.02. The van der Waals surface area contributed by atoms with E-state index in [1.807, 2.05) is 0 Å². The van der Waals surface area contributed by atoms with E-state index in [1.54, 1.807) is 0 Å². The Hall–Kier alpha value is 0.210. The van der Waals surface area contributed by atoms with Crippen molar-refractivity contribution in [2.24, 2.45) is 0 Å². The Labute approximate surface area is 67.3 Å². The van der Waals surface area contributed by atoms with Crippen LogP contribution in [0.15, 0.2) is 0 Å². The minimum Gasteiger partial charge on any atom is -0.396 e. The van der Waals surface area contributed by atoms with E-state index >= 15 is 0 Å². The van der Waals surface area contributed by atoms with Crippen LogP contribution in [0, 0.1) is 0 Å². The van der Waals surface area contributed by atoms with Gasteiger partial charge in [-0.1, -0.05) is 19.3 Å². The van der Waals surface area contributed by atoms with Crippen LogP contribution in [0.1, 0.15) is 32.1 Å². The molecule has 10 heavy (non-hydrogen) atoms. The molecular formula is C7H15ClO2. The first-order valence-electron chi connectivity index (χ1n) is 3.76. The first-order valence-corrected chi connectivity index (χ1v) is 4.07. The third-order valence-electron chi connectivity index (χ3n) is 1.38. The Morgan fingerprint density at radius 2 is 1.60 bits per heavy atom. The van der Waals surface area contributed by atoms with Crippen LogP contribution < -0.4 is 0 Å². The van der Waals surface area contributed by atoms with E-state index in [9.17, 15) is 0 Å². The first kappa shape index (κ1) is 10.2. The third kappa shape index (κ3) is 8.21. The molecule has 0 aromatic rings. The van der Waals surface area contributed by atoms with Gasteiger partial charge in [0.05, 0.1) is 18.5 Å². The largest absolute Gasteiger partial charge is 0.396 e. The van der Waals surface area contributed by atoms with Gasteiger partial charge in [0.15, 0.2) is 0 Å². The molecular weight excluding hydrogens is 152 g/mol. The van der Waals surface area contributed by atoms with Crippen LogP contribution in [-0.2, 0) is 4.29 Å². The summed E-state index contributed by atoms with van der Waals surface area (Å²) in [5.74, 6) is 0. The monoisotopic (exact) mass is 166 g/mol. The van der Waals surface area contributed by atoms with Gasteiger partial charge in [0.25, 0.3) is 0 Å². The van der Waals surface area contributed by atoms with Gasteiger partial charge in [-0.3, -0.25) is 4.29 Å². The number of aliphatic hydroxyl groups excluding tert-OH is 1. The van der Waals surface area contributed by atoms with Gasteiger partial charge >= 0.3 is 0 Å². The second-order valence-electron chi connectivity index (χ2n) is 2.30. The number of hydrogen-bond donors (Lipinski definition) is 1. The molecule has 2 nitrogen and oxygen atoms in total. The maximum atomic E-state index is 8.42. The average Bonchev–Trinajstić information content (AvgIpc) is 1.97. The van der Waals surface area contributed by atoms with Gasteiger partial charge in [-0.05, 0) is 12.8 Å². The Morgan fingerprint density at radius 1 is 1.00 bits per heavy atom. The highest BCUT2D eigenvalue weighted by atomic mass is 35.5. The molecule has 0 aromatic carbocycles. The summed E-state index contributed by atoms with van der Waals surface area (Å²) in [4.78, 5) is 0. The molecule has 0 bridgehead atoms. The fourth-order valence-corrected chi connectivity index (χ4v) is 0.908. The molecule has 0 unspecified atom stereocenters. The smallest absolute Gasteiger partial charge is 0.0682 e. The van der Waals surface area contributed by atoms with Crippen LogP contribution in [0.5, 0.6) is 0 Å². The van der Waals surface area contributed by atoms with Crippen molar-refractivity contribution in [1.82, 2.24) is 0 Å². The third-order valence-corrected chi connectivity index (χ3v) is 1.53. The standard InChI is InChI=1S/C7H15ClO2/c8-10-7-5-3-1-2-4-6-9/h9H,1-7H2. The van der Waals surface area contributed by atoms with Gasteiger partial charge in [0.2, 0.25) is 0 Å². The Morgan fingerprint density at radius 3 is 2.20 bits per heavy atom. The molecule has 0 saturated carbocycles. The molecule has 0 rings (SSSR count). The molecule has 62 valence electrons. The Bertz CT molecular complexity index is 51.6. The SMILES string of the molecule is OCCCCCCCOCl. The van der Waals surface area contributed by atoms with Gasteiger partial charge in [0, 0.05) is 6.61 Å². The minimum atomic E-state index is 0.312. The van der Waals surface area contributed by atoms with E-state index in [0.29, 0.717) is 13.2 Å². The number of halogens is 1. The lowest BCUT2D eigenvalue weighted by atomic mass is 10.2. The molecule has 0 fully saturated rings. The quantitative estimate of drug-likeness (QED) is 0.587. The molecule has 3 heteroatoms. The lowest BCUT2D eigenvalue weighted by Crippen LogP contribution is -1.86. The number of hydrogen-bond acceptors (Lipinski definition) is 2. The molecule has 0 aromatic heterocycles. The number of rotatable bonds is 7. The summed E-state index contributed by atoms with van der Waals surface area (Å²) in [7, 11) is 0. The van der Waals surface area contributed by atoms with Gasteiger partial charge in [-0.15, -0.1) is 0 Å². The molecule has 0 aliphatic carbocycles. The highest BCUT2D eigenvalue weighted by molar-refractivity contribution is 6.07. The fourth-order valence-electron chi connectivity index (χ4n) is 0.799. The van der Waals surface area contributed by atoms with Gasteiger partial charge in [-0.25, -0.2) is 0 Å². The summed E-state index contributed by atoms with van der Waals surface area (Å²) in [5.41, 5.74) is 0. The zero-order chi connectivity index (χ0) is 7.66. The summed E-state index contributed by atoms with van der Waals surface area (Å²) in [6.07, 6.45) is 5.36. The van der Waals surface area contributed by atoms with Crippen molar-refractivity contribution in [2.75, 3.05) is 13.2 Å². The highest BCUT2D eigenvalue weighted by Gasteiger charge is 1.88. The molecule has 0 radical (unpaired) electrons. The van der Waals surface area contributed by atoms with Crippen molar-refractivity contribution in [3.05, 3.63) is 0 Å². The van der Waals surface area contributed by atoms with Crippen LogP contribution in [0.3, 0.4) is 0 Å². The zero-order valence-electron chi connectivity index (χ0n) is 6.18. The summed E-state index contributed by atoms with van der Waals surface area (Å²) < 4.78 is 4.37. The van der Waals surface area contributed by atoms with Crippen molar-refractivity contribution in [2.45, 2.75) is 32.1 Å². The molecule has 0 spiro atoms. The molecule has 0 saturated heterocycles. The fraction of sp³-hybridized carbons (Fsp3) is 1.00. The second kappa shape index (κ2) is 9.21. The van der Waals surface area contributed by atoms with E-state index in [0.717, 1.165) is 25.7 Å². The first-order chi connectivity index (χ1) is 4.91. The second-order valence-corrected chi connectivity index (χ2v) is 2.52. The van der Waals surface area contributed by atoms with E-state index in [4.69, 9.17) is 17.0 Å². The van der Waals surface area contributed by atoms with E-state index in [-0.39, 0.29) is 0 Å². The van der Waals surface area contributed by atoms with Crippen LogP contribution in [0.2, 0.25) is 0 Å². The summed E-state index contributed by atoms with van der Waals surface area (Å²) in [6, 6.07) is 0. The Kier molecular flexibility index (Phi) is 9.40. The van der Waals surface area contributed by atoms with Gasteiger partial charge in [0.1, 0.15) is 0 Å². The van der Waals surface area contributed by atoms with E-state index in [1.165, 1.54) is 6.42 Å².